The Labute approximate surface area is 143 Å². The monoisotopic (exact) mass is 346 g/mol. The highest BCUT2D eigenvalue weighted by Gasteiger charge is 2.24. The fourth-order valence-corrected chi connectivity index (χ4v) is 2.76. The van der Waals surface area contributed by atoms with Crippen LogP contribution in [0.3, 0.4) is 0 Å². The lowest BCUT2D eigenvalue weighted by atomic mass is 10.1. The number of ether oxygens (including phenoxy) is 1. The van der Waals surface area contributed by atoms with Crippen LogP contribution in [0.15, 0.2) is 48.5 Å². The number of amides is 2. The zero-order chi connectivity index (χ0) is 17.8. The third-order valence-electron chi connectivity index (χ3n) is 3.86. The maximum Gasteiger partial charge on any atom is 0.387 e. The van der Waals surface area contributed by atoms with Gasteiger partial charge in [0.1, 0.15) is 5.75 Å². The van der Waals surface area contributed by atoms with Crippen LogP contribution in [0, 0.1) is 0 Å². The molecule has 2 aromatic carbocycles. The SMILES string of the molecule is O=C(Nc1ccccc1N1CCCC1=O)c1ccccc1OC(F)F. The molecule has 1 saturated heterocycles. The van der Waals surface area contributed by atoms with Gasteiger partial charge in [0.15, 0.2) is 0 Å². The van der Waals surface area contributed by atoms with Crippen LogP contribution in [0.4, 0.5) is 20.2 Å². The first-order chi connectivity index (χ1) is 12.1. The second-order valence-corrected chi connectivity index (χ2v) is 5.49. The van der Waals surface area contributed by atoms with Crippen molar-refractivity contribution in [2.75, 3.05) is 16.8 Å². The van der Waals surface area contributed by atoms with E-state index in [9.17, 15) is 18.4 Å². The number of carbonyl (C=O) groups is 2. The summed E-state index contributed by atoms with van der Waals surface area (Å²) in [5.41, 5.74) is 1.02. The van der Waals surface area contributed by atoms with E-state index in [1.54, 1.807) is 35.2 Å². The third-order valence-corrected chi connectivity index (χ3v) is 3.86. The first-order valence-corrected chi connectivity index (χ1v) is 7.81. The molecule has 7 heteroatoms. The van der Waals surface area contributed by atoms with Gasteiger partial charge in [-0.25, -0.2) is 0 Å². The lowest BCUT2D eigenvalue weighted by molar-refractivity contribution is -0.117. The predicted molar refractivity (Wildman–Crippen MR) is 89.1 cm³/mol. The molecule has 0 atom stereocenters. The molecule has 0 spiro atoms. The summed E-state index contributed by atoms with van der Waals surface area (Å²) in [6.07, 6.45) is 1.22. The van der Waals surface area contributed by atoms with Gasteiger partial charge in [0.2, 0.25) is 5.91 Å². The minimum atomic E-state index is -3.02. The van der Waals surface area contributed by atoms with Gasteiger partial charge in [0.05, 0.1) is 16.9 Å². The number of alkyl halides is 2. The normalized spacial score (nSPS) is 14.0. The Bertz CT molecular complexity index is 795. The Kier molecular flexibility index (Phi) is 4.92. The van der Waals surface area contributed by atoms with Crippen LogP contribution in [-0.2, 0) is 4.79 Å². The molecule has 1 fully saturated rings. The van der Waals surface area contributed by atoms with Crippen molar-refractivity contribution in [3.8, 4) is 5.75 Å². The maximum absolute atomic E-state index is 12.5. The van der Waals surface area contributed by atoms with E-state index in [0.717, 1.165) is 6.42 Å². The molecule has 3 rings (SSSR count). The largest absolute Gasteiger partial charge is 0.434 e. The topological polar surface area (TPSA) is 58.6 Å². The summed E-state index contributed by atoms with van der Waals surface area (Å²) in [6, 6.07) is 12.7. The fraction of sp³-hybridized carbons (Fsp3) is 0.222. The fourth-order valence-electron chi connectivity index (χ4n) is 2.76. The maximum atomic E-state index is 12.5. The van der Waals surface area contributed by atoms with Crippen molar-refractivity contribution in [2.45, 2.75) is 19.5 Å². The number of rotatable bonds is 5. The van der Waals surface area contributed by atoms with Gasteiger partial charge in [0, 0.05) is 13.0 Å². The van der Waals surface area contributed by atoms with Crippen LogP contribution in [0.25, 0.3) is 0 Å². The molecule has 0 saturated carbocycles. The van der Waals surface area contributed by atoms with E-state index in [2.05, 4.69) is 10.1 Å². The molecule has 130 valence electrons. The number of benzene rings is 2. The van der Waals surface area contributed by atoms with Crippen LogP contribution in [0.2, 0.25) is 0 Å². The number of para-hydroxylation sites is 3. The molecule has 1 aliphatic heterocycles. The number of halogens is 2. The molecule has 1 aliphatic rings. The average Bonchev–Trinajstić information content (AvgIpc) is 3.01. The van der Waals surface area contributed by atoms with Crippen LogP contribution < -0.4 is 15.0 Å². The highest BCUT2D eigenvalue weighted by Crippen LogP contribution is 2.30. The van der Waals surface area contributed by atoms with Crippen molar-refractivity contribution in [3.63, 3.8) is 0 Å². The number of hydrogen-bond acceptors (Lipinski definition) is 3. The summed E-state index contributed by atoms with van der Waals surface area (Å²) in [7, 11) is 0. The van der Waals surface area contributed by atoms with E-state index in [-0.39, 0.29) is 17.2 Å². The zero-order valence-corrected chi connectivity index (χ0v) is 13.2. The van der Waals surface area contributed by atoms with E-state index < -0.39 is 12.5 Å². The standard InChI is InChI=1S/C18H16F2N2O3/c19-18(20)25-15-9-4-1-6-12(15)17(24)21-13-7-2-3-8-14(13)22-11-5-10-16(22)23/h1-4,6-9,18H,5,10-11H2,(H,21,24). The molecule has 0 aromatic heterocycles. The van der Waals surface area contributed by atoms with Gasteiger partial charge in [-0.05, 0) is 30.7 Å². The molecule has 0 unspecified atom stereocenters. The molecule has 0 radical (unpaired) electrons. The molecule has 1 heterocycles. The lowest BCUT2D eigenvalue weighted by Crippen LogP contribution is -2.25. The second kappa shape index (κ2) is 7.29. The lowest BCUT2D eigenvalue weighted by Gasteiger charge is -2.20. The molecule has 0 bridgehead atoms. The van der Waals surface area contributed by atoms with Crippen LogP contribution in [0.1, 0.15) is 23.2 Å². The van der Waals surface area contributed by atoms with Crippen molar-refractivity contribution >= 4 is 23.2 Å². The Morgan fingerprint density at radius 1 is 1.12 bits per heavy atom. The summed E-state index contributed by atoms with van der Waals surface area (Å²) < 4.78 is 29.4. The van der Waals surface area contributed by atoms with Gasteiger partial charge >= 0.3 is 6.61 Å². The molecular formula is C18H16F2N2O3. The van der Waals surface area contributed by atoms with Gasteiger partial charge in [-0.2, -0.15) is 8.78 Å². The molecular weight excluding hydrogens is 330 g/mol. The molecule has 2 aromatic rings. The third kappa shape index (κ3) is 3.76. The Balaban J connectivity index is 1.86. The van der Waals surface area contributed by atoms with Gasteiger partial charge in [-0.3, -0.25) is 9.59 Å². The summed E-state index contributed by atoms with van der Waals surface area (Å²) in [4.78, 5) is 26.1. The van der Waals surface area contributed by atoms with E-state index in [0.29, 0.717) is 24.3 Å². The first kappa shape index (κ1) is 16.9. The molecule has 1 N–H and O–H groups in total. The quantitative estimate of drug-likeness (QED) is 0.899. The van der Waals surface area contributed by atoms with Crippen LogP contribution in [-0.4, -0.2) is 25.0 Å². The van der Waals surface area contributed by atoms with Crippen molar-refractivity contribution in [1.82, 2.24) is 0 Å². The molecule has 2 amide bonds. The number of carbonyl (C=O) groups excluding carboxylic acids is 2. The van der Waals surface area contributed by atoms with E-state index >= 15 is 0 Å². The van der Waals surface area contributed by atoms with E-state index in [1.165, 1.54) is 18.2 Å². The number of anilines is 2. The van der Waals surface area contributed by atoms with Gasteiger partial charge in [-0.15, -0.1) is 0 Å². The summed E-state index contributed by atoms with van der Waals surface area (Å²) in [5, 5.41) is 2.68. The number of hydrogen-bond donors (Lipinski definition) is 1. The highest BCUT2D eigenvalue weighted by molar-refractivity contribution is 6.09. The highest BCUT2D eigenvalue weighted by atomic mass is 19.3. The minimum Gasteiger partial charge on any atom is -0.434 e. The average molecular weight is 346 g/mol. The summed E-state index contributed by atoms with van der Waals surface area (Å²) >= 11 is 0. The number of nitrogens with zero attached hydrogens (tertiary/aromatic N) is 1. The molecule has 0 aliphatic carbocycles. The van der Waals surface area contributed by atoms with Crippen LogP contribution in [0.5, 0.6) is 5.75 Å². The van der Waals surface area contributed by atoms with Gasteiger partial charge in [0.25, 0.3) is 5.91 Å². The Morgan fingerprint density at radius 3 is 2.56 bits per heavy atom. The van der Waals surface area contributed by atoms with Crippen molar-refractivity contribution in [2.24, 2.45) is 0 Å². The Hall–Kier alpha value is -2.96. The number of nitrogens with one attached hydrogen (secondary N) is 1. The second-order valence-electron chi connectivity index (χ2n) is 5.49. The van der Waals surface area contributed by atoms with E-state index in [4.69, 9.17) is 0 Å². The van der Waals surface area contributed by atoms with Gasteiger partial charge in [-0.1, -0.05) is 24.3 Å². The zero-order valence-electron chi connectivity index (χ0n) is 13.2. The smallest absolute Gasteiger partial charge is 0.387 e. The van der Waals surface area contributed by atoms with Crippen molar-refractivity contribution in [1.29, 1.82) is 0 Å². The first-order valence-electron chi connectivity index (χ1n) is 7.81. The Morgan fingerprint density at radius 2 is 1.84 bits per heavy atom. The summed E-state index contributed by atoms with van der Waals surface area (Å²) in [6.45, 7) is -2.44. The van der Waals surface area contributed by atoms with Gasteiger partial charge < -0.3 is 15.0 Å². The van der Waals surface area contributed by atoms with Crippen molar-refractivity contribution < 1.29 is 23.1 Å². The molecule has 5 nitrogen and oxygen atoms in total. The van der Waals surface area contributed by atoms with E-state index in [1.807, 2.05) is 0 Å². The summed E-state index contributed by atoms with van der Waals surface area (Å²) in [5.74, 6) is -0.803. The minimum absolute atomic E-state index is 0.00893. The molecule has 25 heavy (non-hydrogen) atoms. The van der Waals surface area contributed by atoms with Crippen molar-refractivity contribution in [3.05, 3.63) is 54.1 Å². The van der Waals surface area contributed by atoms with Crippen LogP contribution >= 0.6 is 0 Å². The predicted octanol–water partition coefficient (Wildman–Crippen LogP) is 3.67.